The fourth-order valence-electron chi connectivity index (χ4n) is 2.53. The molecule has 134 valence electrons. The van der Waals surface area contributed by atoms with E-state index in [-0.39, 0.29) is 16.8 Å². The zero-order valence-corrected chi connectivity index (χ0v) is 16.0. The van der Waals surface area contributed by atoms with E-state index >= 15 is 0 Å². The highest BCUT2D eigenvalue weighted by molar-refractivity contribution is 7.89. The predicted molar refractivity (Wildman–Crippen MR) is 99.1 cm³/mol. The number of carbonyl (C=O) groups excluding carboxylic acids is 1. The molecule has 2 aromatic rings. The van der Waals surface area contributed by atoms with Crippen molar-refractivity contribution in [1.82, 2.24) is 9.62 Å². The van der Waals surface area contributed by atoms with Crippen LogP contribution >= 0.6 is 0 Å². The highest BCUT2D eigenvalue weighted by Crippen LogP contribution is 2.24. The normalized spacial score (nSPS) is 12.9. The van der Waals surface area contributed by atoms with Crippen molar-refractivity contribution in [3.63, 3.8) is 0 Å². The molecule has 2 rings (SSSR count). The van der Waals surface area contributed by atoms with Gasteiger partial charge in [-0.15, -0.1) is 0 Å². The molecule has 1 amide bonds. The lowest BCUT2D eigenvalue weighted by atomic mass is 10.0. The molecule has 0 unspecified atom stereocenters. The fourth-order valence-corrected chi connectivity index (χ4v) is 3.74. The number of hydrogen-bond donors (Lipinski definition) is 1. The highest BCUT2D eigenvalue weighted by Gasteiger charge is 2.23. The van der Waals surface area contributed by atoms with E-state index in [2.05, 4.69) is 5.32 Å². The number of nitrogens with zero attached hydrogens (tertiary/aromatic N) is 1. The Bertz CT molecular complexity index is 875. The van der Waals surface area contributed by atoms with Crippen LogP contribution in [-0.4, -0.2) is 32.7 Å². The molecule has 2 aromatic carbocycles. The van der Waals surface area contributed by atoms with Gasteiger partial charge in [-0.05, 0) is 49.6 Å². The molecule has 0 aliphatic heterocycles. The second kappa shape index (κ2) is 7.37. The van der Waals surface area contributed by atoms with Crippen molar-refractivity contribution in [3.05, 3.63) is 64.7 Å². The Hall–Kier alpha value is -2.18. The van der Waals surface area contributed by atoms with Crippen LogP contribution in [0.4, 0.5) is 0 Å². The summed E-state index contributed by atoms with van der Waals surface area (Å²) in [4.78, 5) is 12.8. The maximum Gasteiger partial charge on any atom is 0.251 e. The second-order valence-electron chi connectivity index (χ2n) is 6.31. The van der Waals surface area contributed by atoms with Crippen LogP contribution in [0.15, 0.2) is 47.4 Å². The summed E-state index contributed by atoms with van der Waals surface area (Å²) in [6, 6.07) is 12.6. The molecular weight excluding hydrogens is 336 g/mol. The summed E-state index contributed by atoms with van der Waals surface area (Å²) in [5.74, 6) is -0.297. The Morgan fingerprint density at radius 3 is 2.24 bits per heavy atom. The molecule has 0 fully saturated rings. The standard InChI is InChI=1S/C19H24N2O3S/c1-13-11-17(12-18(14(13)2)25(23,24)21(4)5)19(22)20-15(3)16-9-7-6-8-10-16/h6-12,15H,1-5H3,(H,20,22)/t15-/m1/s1. The van der Waals surface area contributed by atoms with E-state index in [1.165, 1.54) is 20.2 Å². The van der Waals surface area contributed by atoms with Crippen LogP contribution in [0.1, 0.15) is 40.0 Å². The van der Waals surface area contributed by atoms with Crippen molar-refractivity contribution in [2.45, 2.75) is 31.7 Å². The lowest BCUT2D eigenvalue weighted by molar-refractivity contribution is 0.0939. The van der Waals surface area contributed by atoms with Gasteiger partial charge in [0.2, 0.25) is 10.0 Å². The molecule has 0 aliphatic rings. The minimum Gasteiger partial charge on any atom is -0.346 e. The molecule has 0 bridgehead atoms. The number of benzene rings is 2. The summed E-state index contributed by atoms with van der Waals surface area (Å²) < 4.78 is 26.2. The summed E-state index contributed by atoms with van der Waals surface area (Å²) in [6.45, 7) is 5.45. The highest BCUT2D eigenvalue weighted by atomic mass is 32.2. The van der Waals surface area contributed by atoms with Crippen LogP contribution in [-0.2, 0) is 10.0 Å². The minimum absolute atomic E-state index is 0.162. The molecular formula is C19H24N2O3S. The first-order valence-electron chi connectivity index (χ1n) is 8.04. The molecule has 25 heavy (non-hydrogen) atoms. The van der Waals surface area contributed by atoms with Crippen LogP contribution in [0.25, 0.3) is 0 Å². The van der Waals surface area contributed by atoms with E-state index in [0.29, 0.717) is 11.1 Å². The number of hydrogen-bond acceptors (Lipinski definition) is 3. The summed E-state index contributed by atoms with van der Waals surface area (Å²) in [6.07, 6.45) is 0. The molecule has 0 aromatic heterocycles. The van der Waals surface area contributed by atoms with E-state index in [0.717, 1.165) is 15.4 Å². The quantitative estimate of drug-likeness (QED) is 0.891. The van der Waals surface area contributed by atoms with E-state index < -0.39 is 10.0 Å². The second-order valence-corrected chi connectivity index (χ2v) is 8.43. The first-order valence-corrected chi connectivity index (χ1v) is 9.48. The van der Waals surface area contributed by atoms with Crippen LogP contribution in [0, 0.1) is 13.8 Å². The summed E-state index contributed by atoms with van der Waals surface area (Å²) >= 11 is 0. The Morgan fingerprint density at radius 1 is 1.08 bits per heavy atom. The number of sulfonamides is 1. The third-order valence-corrected chi connectivity index (χ3v) is 6.23. The number of aryl methyl sites for hydroxylation is 1. The van der Waals surface area contributed by atoms with Gasteiger partial charge in [0.25, 0.3) is 5.91 Å². The van der Waals surface area contributed by atoms with Gasteiger partial charge in [0.1, 0.15) is 0 Å². The zero-order chi connectivity index (χ0) is 18.8. The van der Waals surface area contributed by atoms with Gasteiger partial charge in [0, 0.05) is 19.7 Å². The molecule has 1 atom stereocenters. The summed E-state index contributed by atoms with van der Waals surface area (Å²) in [5, 5.41) is 2.92. The van der Waals surface area contributed by atoms with E-state index in [9.17, 15) is 13.2 Å². The SMILES string of the molecule is Cc1cc(C(=O)N[C@H](C)c2ccccc2)cc(S(=O)(=O)N(C)C)c1C. The molecule has 1 N–H and O–H groups in total. The van der Waals surface area contributed by atoms with E-state index in [1.54, 1.807) is 19.9 Å². The van der Waals surface area contributed by atoms with Crippen LogP contribution in [0.2, 0.25) is 0 Å². The molecule has 0 radical (unpaired) electrons. The van der Waals surface area contributed by atoms with Gasteiger partial charge in [-0.3, -0.25) is 4.79 Å². The van der Waals surface area contributed by atoms with Gasteiger partial charge in [-0.25, -0.2) is 12.7 Å². The average molecular weight is 360 g/mol. The molecule has 5 nitrogen and oxygen atoms in total. The average Bonchev–Trinajstić information content (AvgIpc) is 2.57. The van der Waals surface area contributed by atoms with Gasteiger partial charge < -0.3 is 5.32 Å². The topological polar surface area (TPSA) is 66.5 Å². The summed E-state index contributed by atoms with van der Waals surface area (Å²) in [7, 11) is -0.652. The largest absolute Gasteiger partial charge is 0.346 e. The first kappa shape index (κ1) is 19.1. The third-order valence-electron chi connectivity index (χ3n) is 4.29. The maximum atomic E-state index is 12.6. The van der Waals surface area contributed by atoms with Crippen LogP contribution in [0.3, 0.4) is 0 Å². The fraction of sp³-hybridized carbons (Fsp3) is 0.316. The number of amides is 1. The molecule has 0 spiro atoms. The lowest BCUT2D eigenvalue weighted by Crippen LogP contribution is -2.28. The van der Waals surface area contributed by atoms with Gasteiger partial charge in [0.15, 0.2) is 0 Å². The predicted octanol–water partition coefficient (Wildman–Crippen LogP) is 3.04. The van der Waals surface area contributed by atoms with Crippen molar-refractivity contribution < 1.29 is 13.2 Å². The number of rotatable bonds is 5. The van der Waals surface area contributed by atoms with Crippen molar-refractivity contribution in [3.8, 4) is 0 Å². The Balaban J connectivity index is 2.37. The lowest BCUT2D eigenvalue weighted by Gasteiger charge is -2.18. The smallest absolute Gasteiger partial charge is 0.251 e. The van der Waals surface area contributed by atoms with Gasteiger partial charge in [-0.1, -0.05) is 30.3 Å². The first-order chi connectivity index (χ1) is 11.6. The molecule has 0 heterocycles. The van der Waals surface area contributed by atoms with Crippen molar-refractivity contribution in [1.29, 1.82) is 0 Å². The molecule has 0 saturated carbocycles. The summed E-state index contributed by atoms with van der Waals surface area (Å²) in [5.41, 5.74) is 2.74. The van der Waals surface area contributed by atoms with E-state index in [4.69, 9.17) is 0 Å². The number of carbonyl (C=O) groups is 1. The molecule has 0 aliphatic carbocycles. The van der Waals surface area contributed by atoms with E-state index in [1.807, 2.05) is 37.3 Å². The minimum atomic E-state index is -3.61. The van der Waals surface area contributed by atoms with Gasteiger partial charge in [0.05, 0.1) is 10.9 Å². The van der Waals surface area contributed by atoms with Crippen molar-refractivity contribution in [2.75, 3.05) is 14.1 Å². The van der Waals surface area contributed by atoms with Gasteiger partial charge in [-0.2, -0.15) is 0 Å². The maximum absolute atomic E-state index is 12.6. The Labute approximate surface area is 149 Å². The Kier molecular flexibility index (Phi) is 5.65. The van der Waals surface area contributed by atoms with Crippen LogP contribution < -0.4 is 5.32 Å². The molecule has 6 heteroatoms. The zero-order valence-electron chi connectivity index (χ0n) is 15.2. The van der Waals surface area contributed by atoms with Gasteiger partial charge >= 0.3 is 0 Å². The number of nitrogens with one attached hydrogen (secondary N) is 1. The molecule has 0 saturated heterocycles. The Morgan fingerprint density at radius 2 is 1.68 bits per heavy atom. The third kappa shape index (κ3) is 4.08. The monoisotopic (exact) mass is 360 g/mol. The van der Waals surface area contributed by atoms with Crippen LogP contribution in [0.5, 0.6) is 0 Å². The van der Waals surface area contributed by atoms with Crippen molar-refractivity contribution >= 4 is 15.9 Å². The van der Waals surface area contributed by atoms with Crippen molar-refractivity contribution in [2.24, 2.45) is 0 Å².